The summed E-state index contributed by atoms with van der Waals surface area (Å²) in [6, 6.07) is 10.2. The van der Waals surface area contributed by atoms with Crippen LogP contribution >= 0.6 is 0 Å². The standard InChI is InChI=1S/C22H20N4O7/c1-3-32-20(28)24-22(13-8-10-14(11-9-13)26(30)31)12-15-18-16(23-19(15)27)6-5-7-17(18)25(22)21(29)33-4-2/h5-12H,3-4H2,1-2H3,(H,23,27)(H,24,28). The molecule has 33 heavy (non-hydrogen) atoms. The Morgan fingerprint density at radius 2 is 1.82 bits per heavy atom. The molecule has 2 aromatic rings. The van der Waals surface area contributed by atoms with Crippen molar-refractivity contribution in [1.29, 1.82) is 0 Å². The smallest absolute Gasteiger partial charge is 0.416 e. The third-order valence-corrected chi connectivity index (χ3v) is 5.29. The molecule has 2 aliphatic heterocycles. The summed E-state index contributed by atoms with van der Waals surface area (Å²) in [4.78, 5) is 50.5. The first-order valence-electron chi connectivity index (χ1n) is 10.2. The summed E-state index contributed by atoms with van der Waals surface area (Å²) in [6.45, 7) is 3.36. The molecule has 0 spiro atoms. The van der Waals surface area contributed by atoms with Crippen LogP contribution in [-0.2, 0) is 19.9 Å². The van der Waals surface area contributed by atoms with Crippen LogP contribution in [-0.4, -0.2) is 36.2 Å². The number of nitro benzene ring substituents is 1. The molecule has 3 amide bonds. The zero-order valence-corrected chi connectivity index (χ0v) is 17.8. The van der Waals surface area contributed by atoms with Crippen molar-refractivity contribution in [2.24, 2.45) is 0 Å². The van der Waals surface area contributed by atoms with E-state index in [1.807, 2.05) is 0 Å². The molecule has 1 atom stereocenters. The van der Waals surface area contributed by atoms with Crippen LogP contribution in [0.15, 0.2) is 48.5 Å². The summed E-state index contributed by atoms with van der Waals surface area (Å²) in [7, 11) is 0. The van der Waals surface area contributed by atoms with Crippen LogP contribution in [0.5, 0.6) is 0 Å². The first-order chi connectivity index (χ1) is 15.8. The molecular formula is C22H20N4O7. The highest BCUT2D eigenvalue weighted by atomic mass is 16.6. The fourth-order valence-corrected chi connectivity index (χ4v) is 3.98. The molecule has 0 aromatic heterocycles. The number of non-ortho nitro benzene ring substituents is 1. The van der Waals surface area contributed by atoms with Crippen molar-refractivity contribution in [2.45, 2.75) is 19.5 Å². The minimum absolute atomic E-state index is 0.0495. The summed E-state index contributed by atoms with van der Waals surface area (Å²) in [5.74, 6) is -0.419. The van der Waals surface area contributed by atoms with Gasteiger partial charge in [-0.1, -0.05) is 6.07 Å². The Bertz CT molecular complexity index is 1190. The van der Waals surface area contributed by atoms with Gasteiger partial charge in [-0.25, -0.2) is 14.5 Å². The Balaban J connectivity index is 2.01. The van der Waals surface area contributed by atoms with Crippen LogP contribution < -0.4 is 15.5 Å². The third-order valence-electron chi connectivity index (χ3n) is 5.29. The highest BCUT2D eigenvalue weighted by molar-refractivity contribution is 6.34. The highest BCUT2D eigenvalue weighted by Crippen LogP contribution is 2.49. The number of amides is 3. The molecule has 2 N–H and O–H groups in total. The number of hydrogen-bond acceptors (Lipinski definition) is 7. The minimum atomic E-state index is -1.77. The number of benzene rings is 2. The predicted molar refractivity (Wildman–Crippen MR) is 117 cm³/mol. The van der Waals surface area contributed by atoms with Crippen molar-refractivity contribution in [1.82, 2.24) is 5.32 Å². The molecule has 0 radical (unpaired) electrons. The molecule has 0 saturated heterocycles. The van der Waals surface area contributed by atoms with Gasteiger partial charge in [-0.3, -0.25) is 20.2 Å². The van der Waals surface area contributed by atoms with E-state index in [-0.39, 0.29) is 30.0 Å². The molecule has 2 aliphatic rings. The maximum absolute atomic E-state index is 13.3. The fourth-order valence-electron chi connectivity index (χ4n) is 3.98. The van der Waals surface area contributed by atoms with Crippen molar-refractivity contribution in [2.75, 3.05) is 23.4 Å². The van der Waals surface area contributed by atoms with Gasteiger partial charge in [-0.05, 0) is 44.2 Å². The summed E-state index contributed by atoms with van der Waals surface area (Å²) < 4.78 is 10.4. The van der Waals surface area contributed by atoms with Crippen LogP contribution in [0.25, 0.3) is 5.57 Å². The third kappa shape index (κ3) is 3.53. The van der Waals surface area contributed by atoms with E-state index in [0.717, 1.165) is 0 Å². The summed E-state index contributed by atoms with van der Waals surface area (Å²) >= 11 is 0. The van der Waals surface area contributed by atoms with Gasteiger partial charge in [0.05, 0.1) is 35.1 Å². The van der Waals surface area contributed by atoms with E-state index < -0.39 is 28.7 Å². The molecule has 0 bridgehead atoms. The highest BCUT2D eigenvalue weighted by Gasteiger charge is 2.50. The Kier molecular flexibility index (Phi) is 5.46. The van der Waals surface area contributed by atoms with Gasteiger partial charge in [-0.15, -0.1) is 0 Å². The van der Waals surface area contributed by atoms with Gasteiger partial charge >= 0.3 is 12.2 Å². The number of nitrogens with zero attached hydrogens (tertiary/aromatic N) is 2. The molecule has 11 heteroatoms. The number of alkyl carbamates (subject to hydrolysis) is 1. The van der Waals surface area contributed by atoms with Crippen molar-refractivity contribution in [3.63, 3.8) is 0 Å². The van der Waals surface area contributed by atoms with E-state index in [4.69, 9.17) is 9.47 Å². The van der Waals surface area contributed by atoms with Gasteiger partial charge in [0, 0.05) is 23.3 Å². The lowest BCUT2D eigenvalue weighted by Crippen LogP contribution is -2.61. The lowest BCUT2D eigenvalue weighted by molar-refractivity contribution is -0.384. The zero-order valence-electron chi connectivity index (χ0n) is 17.8. The molecule has 170 valence electrons. The van der Waals surface area contributed by atoms with E-state index in [9.17, 15) is 24.5 Å². The van der Waals surface area contributed by atoms with Crippen molar-refractivity contribution in [3.8, 4) is 0 Å². The van der Waals surface area contributed by atoms with Gasteiger partial charge in [0.2, 0.25) is 0 Å². The lowest BCUT2D eigenvalue weighted by Gasteiger charge is -2.44. The summed E-state index contributed by atoms with van der Waals surface area (Å²) in [6.07, 6.45) is -0.230. The van der Waals surface area contributed by atoms with Gasteiger partial charge in [0.25, 0.3) is 11.6 Å². The largest absolute Gasteiger partial charge is 0.450 e. The fraction of sp³-hybridized carbons (Fsp3) is 0.227. The van der Waals surface area contributed by atoms with Crippen molar-refractivity contribution >= 4 is 40.7 Å². The molecule has 11 nitrogen and oxygen atoms in total. The molecular weight excluding hydrogens is 432 g/mol. The topological polar surface area (TPSA) is 140 Å². The summed E-state index contributed by atoms with van der Waals surface area (Å²) in [5.41, 5.74) is -0.135. The number of nitro groups is 1. The second-order valence-corrected chi connectivity index (χ2v) is 7.16. The quantitative estimate of drug-likeness (QED) is 0.522. The number of anilines is 2. The van der Waals surface area contributed by atoms with E-state index in [1.165, 1.54) is 35.2 Å². The Hall–Kier alpha value is -4.41. The monoisotopic (exact) mass is 452 g/mol. The van der Waals surface area contributed by atoms with Crippen molar-refractivity contribution < 1.29 is 28.8 Å². The van der Waals surface area contributed by atoms with Gasteiger partial charge in [0.15, 0.2) is 5.66 Å². The molecule has 0 aliphatic carbocycles. The second kappa shape index (κ2) is 8.26. The van der Waals surface area contributed by atoms with Gasteiger partial charge in [-0.2, -0.15) is 0 Å². The van der Waals surface area contributed by atoms with Crippen LogP contribution in [0.4, 0.5) is 26.7 Å². The number of rotatable bonds is 5. The molecule has 2 aromatic carbocycles. The van der Waals surface area contributed by atoms with Crippen LogP contribution in [0, 0.1) is 10.1 Å². The van der Waals surface area contributed by atoms with E-state index >= 15 is 0 Å². The second-order valence-electron chi connectivity index (χ2n) is 7.16. The number of carbonyl (C=O) groups excluding carboxylic acids is 3. The average Bonchev–Trinajstić information content (AvgIpc) is 3.10. The number of ether oxygens (including phenoxy) is 2. The Morgan fingerprint density at radius 3 is 2.45 bits per heavy atom. The lowest BCUT2D eigenvalue weighted by atomic mass is 9.87. The normalized spacial score (nSPS) is 18.1. The van der Waals surface area contributed by atoms with Crippen LogP contribution in [0.3, 0.4) is 0 Å². The first-order valence-corrected chi connectivity index (χ1v) is 10.2. The maximum atomic E-state index is 13.3. The van der Waals surface area contributed by atoms with Crippen LogP contribution in [0.2, 0.25) is 0 Å². The van der Waals surface area contributed by atoms with Gasteiger partial charge in [0.1, 0.15) is 0 Å². The molecule has 2 heterocycles. The molecule has 4 rings (SSSR count). The average molecular weight is 452 g/mol. The zero-order chi connectivity index (χ0) is 23.8. The predicted octanol–water partition coefficient (Wildman–Crippen LogP) is 3.51. The number of nitrogens with one attached hydrogen (secondary N) is 2. The molecule has 0 fully saturated rings. The van der Waals surface area contributed by atoms with Crippen LogP contribution in [0.1, 0.15) is 25.0 Å². The maximum Gasteiger partial charge on any atom is 0.416 e. The van der Waals surface area contributed by atoms with E-state index in [2.05, 4.69) is 10.6 Å². The Morgan fingerprint density at radius 1 is 1.12 bits per heavy atom. The Labute approximate surface area is 188 Å². The molecule has 0 saturated carbocycles. The SMILES string of the molecule is CCOC(=O)NC1(c2ccc([N+](=O)[O-])cc2)C=C2C(=O)Nc3cccc(c32)N1C(=O)OCC. The number of carbonyl (C=O) groups is 3. The van der Waals surface area contributed by atoms with E-state index in [1.54, 1.807) is 32.0 Å². The minimum Gasteiger partial charge on any atom is -0.450 e. The van der Waals surface area contributed by atoms with E-state index in [0.29, 0.717) is 16.9 Å². The summed E-state index contributed by atoms with van der Waals surface area (Å²) in [5, 5.41) is 16.6. The first kappa shape index (κ1) is 21.8. The molecule has 1 unspecified atom stereocenters. The number of hydrogen-bond donors (Lipinski definition) is 2. The van der Waals surface area contributed by atoms with Crippen molar-refractivity contribution in [3.05, 3.63) is 69.8 Å². The van der Waals surface area contributed by atoms with Gasteiger partial charge < -0.3 is 14.8 Å².